The van der Waals surface area contributed by atoms with Crippen LogP contribution in [0.15, 0.2) is 30.6 Å². The molecule has 2 aromatic heterocycles. The van der Waals surface area contributed by atoms with E-state index >= 15 is 0 Å². The van der Waals surface area contributed by atoms with Crippen LogP contribution in [0.2, 0.25) is 0 Å². The number of aryl methyl sites for hydroxylation is 1. The lowest BCUT2D eigenvalue weighted by molar-refractivity contribution is 0.0473. The second kappa shape index (κ2) is 9.84. The fourth-order valence-corrected chi connectivity index (χ4v) is 5.50. The zero-order valence-corrected chi connectivity index (χ0v) is 24.1. The number of hydrogen-bond acceptors (Lipinski definition) is 6. The molecule has 0 bridgehead atoms. The number of carbonyl (C=O) groups excluding carboxylic acids is 2. The molecule has 2 N–H and O–H groups in total. The summed E-state index contributed by atoms with van der Waals surface area (Å²) in [4.78, 5) is 43.5. The van der Waals surface area contributed by atoms with Crippen LogP contribution in [0.3, 0.4) is 0 Å². The van der Waals surface area contributed by atoms with E-state index < -0.39 is 17.2 Å². The van der Waals surface area contributed by atoms with Crippen molar-refractivity contribution in [2.45, 2.75) is 78.0 Å². The minimum absolute atomic E-state index is 0.0558. The first-order chi connectivity index (χ1) is 18.3. The maximum absolute atomic E-state index is 13.9. The van der Waals surface area contributed by atoms with Gasteiger partial charge in [0.05, 0.1) is 33.4 Å². The van der Waals surface area contributed by atoms with Crippen molar-refractivity contribution in [1.29, 1.82) is 0 Å². The van der Waals surface area contributed by atoms with E-state index in [-0.39, 0.29) is 11.9 Å². The summed E-state index contributed by atoms with van der Waals surface area (Å²) in [6.07, 6.45) is 6.02. The number of benzene rings is 1. The lowest BCUT2D eigenvalue weighted by atomic mass is 10.0. The Hall–Kier alpha value is -3.62. The van der Waals surface area contributed by atoms with Crippen LogP contribution < -0.4 is 10.2 Å². The molecule has 208 valence electrons. The van der Waals surface area contributed by atoms with Crippen LogP contribution in [0.5, 0.6) is 0 Å². The number of para-hydroxylation sites is 1. The Morgan fingerprint density at radius 1 is 1.26 bits per heavy atom. The SMILES string of the molecule is Cc1cccc2[nH]c(-c3cncc(C(=O)N(C)C(C)C4CC4)c3N3CC[C@](C)(NC(=O)OC(C)(C)C)C3)nc12. The molecule has 2 fully saturated rings. The highest BCUT2D eigenvalue weighted by molar-refractivity contribution is 6.03. The van der Waals surface area contributed by atoms with Gasteiger partial charge in [-0.3, -0.25) is 9.78 Å². The predicted molar refractivity (Wildman–Crippen MR) is 153 cm³/mol. The largest absolute Gasteiger partial charge is 0.444 e. The highest BCUT2D eigenvalue weighted by Gasteiger charge is 2.40. The van der Waals surface area contributed by atoms with Crippen LogP contribution in [0.25, 0.3) is 22.4 Å². The molecule has 0 spiro atoms. The van der Waals surface area contributed by atoms with Crippen molar-refractivity contribution < 1.29 is 14.3 Å². The smallest absolute Gasteiger partial charge is 0.408 e. The van der Waals surface area contributed by atoms with Crippen molar-refractivity contribution in [2.24, 2.45) is 5.92 Å². The molecule has 5 rings (SSSR count). The molecule has 1 saturated heterocycles. The Kier molecular flexibility index (Phi) is 6.81. The molecule has 39 heavy (non-hydrogen) atoms. The lowest BCUT2D eigenvalue weighted by Gasteiger charge is -2.31. The predicted octanol–water partition coefficient (Wildman–Crippen LogP) is 5.30. The second-order valence-electron chi connectivity index (χ2n) is 12.5. The van der Waals surface area contributed by atoms with Crippen LogP contribution in [-0.4, -0.2) is 69.2 Å². The van der Waals surface area contributed by atoms with Gasteiger partial charge in [0, 0.05) is 38.6 Å². The first-order valence-corrected chi connectivity index (χ1v) is 13.8. The number of fused-ring (bicyclic) bond motifs is 1. The topological polar surface area (TPSA) is 103 Å². The molecule has 2 atom stereocenters. The standard InChI is InChI=1S/C30H40N6O3/c1-18-9-8-10-23-24(18)33-26(32-23)21-15-31-16-22(27(37)35(7)19(2)20-11-12-20)25(21)36-14-13-30(6,17-36)34-28(38)39-29(3,4)5/h8-10,15-16,19-20H,11-14,17H2,1-7H3,(H,32,33)(H,34,38)/t19?,30-/m0/s1. The van der Waals surface area contributed by atoms with Gasteiger partial charge in [0.15, 0.2) is 0 Å². The molecule has 1 aromatic carbocycles. The molecule has 1 unspecified atom stereocenters. The van der Waals surface area contributed by atoms with E-state index in [0.717, 1.165) is 40.7 Å². The molecule has 0 radical (unpaired) electrons. The van der Waals surface area contributed by atoms with E-state index in [0.29, 0.717) is 36.8 Å². The number of anilines is 1. The number of alkyl carbamates (subject to hydrolysis) is 1. The van der Waals surface area contributed by atoms with Gasteiger partial charge in [0.25, 0.3) is 5.91 Å². The first-order valence-electron chi connectivity index (χ1n) is 13.8. The molecule has 2 aliphatic rings. The Morgan fingerprint density at radius 2 is 2.00 bits per heavy atom. The van der Waals surface area contributed by atoms with E-state index in [1.807, 2.05) is 64.8 Å². The highest BCUT2D eigenvalue weighted by atomic mass is 16.6. The van der Waals surface area contributed by atoms with Gasteiger partial charge >= 0.3 is 6.09 Å². The highest BCUT2D eigenvalue weighted by Crippen LogP contribution is 2.39. The van der Waals surface area contributed by atoms with Crippen molar-refractivity contribution in [2.75, 3.05) is 25.0 Å². The first kappa shape index (κ1) is 27.0. The number of aromatic amines is 1. The summed E-state index contributed by atoms with van der Waals surface area (Å²) in [5.41, 5.74) is 3.89. The van der Waals surface area contributed by atoms with Crippen LogP contribution in [-0.2, 0) is 4.74 Å². The van der Waals surface area contributed by atoms with Gasteiger partial charge in [-0.1, -0.05) is 12.1 Å². The van der Waals surface area contributed by atoms with Crippen molar-refractivity contribution >= 4 is 28.7 Å². The number of amides is 2. The number of hydrogen-bond donors (Lipinski definition) is 2. The minimum atomic E-state index is -0.584. The number of H-pyrrole nitrogens is 1. The monoisotopic (exact) mass is 532 g/mol. The maximum Gasteiger partial charge on any atom is 0.408 e. The third-order valence-electron chi connectivity index (χ3n) is 7.95. The summed E-state index contributed by atoms with van der Waals surface area (Å²) >= 11 is 0. The van der Waals surface area contributed by atoms with E-state index in [1.54, 1.807) is 12.4 Å². The van der Waals surface area contributed by atoms with Crippen LogP contribution in [0.1, 0.15) is 69.8 Å². The summed E-state index contributed by atoms with van der Waals surface area (Å²) in [7, 11) is 1.88. The zero-order valence-electron chi connectivity index (χ0n) is 24.1. The average molecular weight is 533 g/mol. The van der Waals surface area contributed by atoms with Gasteiger partial charge in [-0.2, -0.15) is 0 Å². The third-order valence-corrected chi connectivity index (χ3v) is 7.95. The van der Waals surface area contributed by atoms with Gasteiger partial charge in [0.1, 0.15) is 11.4 Å². The summed E-state index contributed by atoms with van der Waals surface area (Å²) < 4.78 is 5.54. The summed E-state index contributed by atoms with van der Waals surface area (Å²) in [5, 5.41) is 3.08. The summed E-state index contributed by atoms with van der Waals surface area (Å²) in [6.45, 7) is 12.9. The normalized spacial score (nSPS) is 20.2. The Morgan fingerprint density at radius 3 is 2.67 bits per heavy atom. The van der Waals surface area contributed by atoms with Gasteiger partial charge < -0.3 is 24.8 Å². The number of rotatable bonds is 6. The third kappa shape index (κ3) is 5.58. The molecule has 1 aliphatic carbocycles. The number of nitrogens with one attached hydrogen (secondary N) is 2. The molecule has 1 aliphatic heterocycles. The molecular weight excluding hydrogens is 492 g/mol. The fourth-order valence-electron chi connectivity index (χ4n) is 5.50. The second-order valence-corrected chi connectivity index (χ2v) is 12.5. The summed E-state index contributed by atoms with van der Waals surface area (Å²) in [6, 6.07) is 6.19. The van der Waals surface area contributed by atoms with E-state index in [4.69, 9.17) is 9.72 Å². The van der Waals surface area contributed by atoms with Gasteiger partial charge in [-0.05, 0) is 78.4 Å². The number of pyridine rings is 1. The molecule has 3 heterocycles. The quantitative estimate of drug-likeness (QED) is 0.447. The summed E-state index contributed by atoms with van der Waals surface area (Å²) in [5.74, 6) is 1.16. The van der Waals surface area contributed by atoms with Crippen LogP contribution >= 0.6 is 0 Å². The van der Waals surface area contributed by atoms with Crippen molar-refractivity contribution in [1.82, 2.24) is 25.2 Å². The van der Waals surface area contributed by atoms with Crippen molar-refractivity contribution in [3.05, 3.63) is 41.7 Å². The Bertz CT molecular complexity index is 1410. The molecular formula is C30H40N6O3. The lowest BCUT2D eigenvalue weighted by Crippen LogP contribution is -2.49. The molecule has 3 aromatic rings. The van der Waals surface area contributed by atoms with Gasteiger partial charge in [-0.25, -0.2) is 9.78 Å². The van der Waals surface area contributed by atoms with Gasteiger partial charge in [-0.15, -0.1) is 0 Å². The van der Waals surface area contributed by atoms with Crippen LogP contribution in [0, 0.1) is 12.8 Å². The van der Waals surface area contributed by atoms with E-state index in [2.05, 4.69) is 27.1 Å². The number of aromatic nitrogens is 3. The van der Waals surface area contributed by atoms with E-state index in [1.165, 1.54) is 0 Å². The number of ether oxygens (including phenoxy) is 1. The van der Waals surface area contributed by atoms with Crippen LogP contribution in [0.4, 0.5) is 10.5 Å². The number of imidazole rings is 1. The van der Waals surface area contributed by atoms with E-state index in [9.17, 15) is 9.59 Å². The molecule has 1 saturated carbocycles. The average Bonchev–Trinajstić information content (AvgIpc) is 3.50. The molecule has 9 nitrogen and oxygen atoms in total. The zero-order chi connectivity index (χ0) is 28.1. The Labute approximate surface area is 230 Å². The number of carbonyl (C=O) groups is 2. The number of nitrogens with zero attached hydrogens (tertiary/aromatic N) is 4. The fraction of sp³-hybridized carbons (Fsp3) is 0.533. The molecule has 2 amide bonds. The minimum Gasteiger partial charge on any atom is -0.444 e. The van der Waals surface area contributed by atoms with Gasteiger partial charge in [0.2, 0.25) is 0 Å². The Balaban J connectivity index is 1.54. The van der Waals surface area contributed by atoms with Crippen molar-refractivity contribution in [3.8, 4) is 11.4 Å². The maximum atomic E-state index is 13.9. The molecule has 9 heteroatoms. The van der Waals surface area contributed by atoms with Crippen molar-refractivity contribution in [3.63, 3.8) is 0 Å².